The predicted molar refractivity (Wildman–Crippen MR) is 67.9 cm³/mol. The van der Waals surface area contributed by atoms with Crippen LogP contribution in [0.4, 0.5) is 5.82 Å². The monoisotopic (exact) mass is 282 g/mol. The van der Waals surface area contributed by atoms with Crippen molar-refractivity contribution >= 4 is 29.6 Å². The normalized spacial score (nSPS) is 35.1. The maximum atomic E-state index is 10.1. The molecule has 19 heavy (non-hydrogen) atoms. The Morgan fingerprint density at radius 1 is 1.42 bits per heavy atom. The lowest BCUT2D eigenvalue weighted by molar-refractivity contribution is -0.0599. The van der Waals surface area contributed by atoms with Crippen molar-refractivity contribution < 1.29 is 14.9 Å². The minimum atomic E-state index is -1.56. The first-order valence-corrected chi connectivity index (χ1v) is 6.04. The van der Waals surface area contributed by atoms with Crippen molar-refractivity contribution in [2.45, 2.75) is 30.3 Å². The van der Waals surface area contributed by atoms with Crippen LogP contribution in [0.5, 0.6) is 0 Å². The van der Waals surface area contributed by atoms with E-state index in [0.29, 0.717) is 11.2 Å². The van der Waals surface area contributed by atoms with Gasteiger partial charge in [0.1, 0.15) is 30.4 Å². The molecule has 0 saturated carbocycles. The number of hydrogen-bond acceptors (Lipinski definition) is 7. The van der Waals surface area contributed by atoms with Crippen LogP contribution in [0.15, 0.2) is 12.7 Å². The van der Waals surface area contributed by atoms with E-state index in [9.17, 15) is 10.2 Å². The zero-order valence-corrected chi connectivity index (χ0v) is 10.8. The Balaban J connectivity index is 2.17. The maximum Gasteiger partial charge on any atom is 0.235 e. The number of aliphatic hydroxyl groups is 2. The van der Waals surface area contributed by atoms with Crippen LogP contribution in [-0.2, 0) is 9.79 Å². The highest BCUT2D eigenvalue weighted by atomic mass is 32.1. The topological polar surface area (TPSA) is 119 Å². The number of rotatable bonds is 1. The molecule has 1 fully saturated rings. The van der Waals surface area contributed by atoms with Crippen molar-refractivity contribution in [3.8, 4) is 0 Å². The molecule has 4 atom stereocenters. The van der Waals surface area contributed by atoms with Gasteiger partial charge in [-0.3, -0.25) is 4.57 Å². The van der Waals surface area contributed by atoms with E-state index < -0.39 is 23.4 Å². The van der Waals surface area contributed by atoms with Crippen LogP contribution in [0.3, 0.4) is 0 Å². The molecule has 0 amide bonds. The van der Waals surface area contributed by atoms with E-state index >= 15 is 0 Å². The van der Waals surface area contributed by atoms with Gasteiger partial charge in [0.2, 0.25) is 5.06 Å². The molecule has 1 saturated heterocycles. The molecule has 0 unspecified atom stereocenters. The van der Waals surface area contributed by atoms with Gasteiger partial charge in [-0.25, -0.2) is 15.0 Å². The molecular formula is C10H12N5O3S. The van der Waals surface area contributed by atoms with Gasteiger partial charge in [0.15, 0.2) is 11.5 Å². The Morgan fingerprint density at radius 3 is 2.79 bits per heavy atom. The molecule has 2 aromatic heterocycles. The fraction of sp³-hybridized carbons (Fsp3) is 0.500. The number of aromatic nitrogens is 4. The van der Waals surface area contributed by atoms with Crippen LogP contribution < -0.4 is 5.73 Å². The van der Waals surface area contributed by atoms with E-state index in [-0.39, 0.29) is 5.82 Å². The lowest BCUT2D eigenvalue weighted by atomic mass is 10.1. The summed E-state index contributed by atoms with van der Waals surface area (Å²) in [6.45, 7) is 1.63. The molecule has 1 radical (unpaired) electrons. The van der Waals surface area contributed by atoms with Gasteiger partial charge in [0.25, 0.3) is 0 Å². The molecule has 0 aromatic carbocycles. The summed E-state index contributed by atoms with van der Waals surface area (Å²) >= 11 is 5.32. The summed E-state index contributed by atoms with van der Waals surface area (Å²) in [7, 11) is 0. The fourth-order valence-corrected chi connectivity index (χ4v) is 2.58. The first-order valence-electron chi connectivity index (χ1n) is 5.63. The van der Waals surface area contributed by atoms with Gasteiger partial charge < -0.3 is 20.7 Å². The Hall–Kier alpha value is -1.42. The molecule has 9 heteroatoms. The van der Waals surface area contributed by atoms with Crippen molar-refractivity contribution in [1.82, 2.24) is 19.5 Å². The second-order valence-electron chi connectivity index (χ2n) is 4.43. The molecule has 101 valence electrons. The third-order valence-electron chi connectivity index (χ3n) is 3.23. The highest BCUT2D eigenvalue weighted by molar-refractivity contribution is 7.81. The molecule has 4 N–H and O–H groups in total. The number of aliphatic hydroxyl groups excluding tert-OH is 2. The molecule has 0 spiro atoms. The van der Waals surface area contributed by atoms with Gasteiger partial charge in [-0.15, -0.1) is 0 Å². The van der Waals surface area contributed by atoms with Crippen LogP contribution in [0.2, 0.25) is 0 Å². The molecule has 0 aliphatic carbocycles. The lowest BCUT2D eigenvalue weighted by Crippen LogP contribution is -2.41. The molecule has 2 aromatic rings. The molecular weight excluding hydrogens is 270 g/mol. The molecule has 3 rings (SSSR count). The lowest BCUT2D eigenvalue weighted by Gasteiger charge is -2.26. The molecule has 0 bridgehead atoms. The average Bonchev–Trinajstić information content (AvgIpc) is 2.89. The van der Waals surface area contributed by atoms with Crippen LogP contribution >= 0.6 is 12.6 Å². The summed E-state index contributed by atoms with van der Waals surface area (Å²) in [6, 6.07) is 0. The Kier molecular flexibility index (Phi) is 2.68. The van der Waals surface area contributed by atoms with Crippen LogP contribution in [0.1, 0.15) is 6.92 Å². The van der Waals surface area contributed by atoms with Crippen molar-refractivity contribution in [2.24, 2.45) is 0 Å². The van der Waals surface area contributed by atoms with Crippen LogP contribution in [0.25, 0.3) is 11.2 Å². The van der Waals surface area contributed by atoms with Gasteiger partial charge in [0.05, 0.1) is 6.10 Å². The van der Waals surface area contributed by atoms with Crippen molar-refractivity contribution in [1.29, 1.82) is 0 Å². The van der Waals surface area contributed by atoms with Gasteiger partial charge in [-0.2, -0.15) is 0 Å². The van der Waals surface area contributed by atoms with Gasteiger partial charge in [-0.05, 0) is 19.6 Å². The summed E-state index contributed by atoms with van der Waals surface area (Å²) in [5.74, 6) is 0.212. The van der Waals surface area contributed by atoms with E-state index in [1.165, 1.54) is 17.2 Å². The number of fused-ring (bicyclic) bond motifs is 1. The number of nitrogens with zero attached hydrogens (tertiary/aromatic N) is 4. The fourth-order valence-electron chi connectivity index (χ4n) is 2.16. The third kappa shape index (κ3) is 1.62. The molecule has 8 nitrogen and oxygen atoms in total. The number of nitrogens with two attached hydrogens (primary N) is 1. The largest absolute Gasteiger partial charge is 0.387 e. The minimum absolute atomic E-state index is 0.212. The zero-order chi connectivity index (χ0) is 13.8. The molecule has 1 aliphatic heterocycles. The summed E-state index contributed by atoms with van der Waals surface area (Å²) in [5.41, 5.74) is 6.41. The first-order chi connectivity index (χ1) is 8.95. The molecule has 1 aliphatic rings. The van der Waals surface area contributed by atoms with Crippen molar-refractivity contribution in [3.05, 3.63) is 12.7 Å². The van der Waals surface area contributed by atoms with E-state index in [1.54, 1.807) is 6.92 Å². The van der Waals surface area contributed by atoms with Crippen molar-refractivity contribution in [2.75, 3.05) is 5.73 Å². The maximum absolute atomic E-state index is 10.1. The highest BCUT2D eigenvalue weighted by Gasteiger charge is 2.53. The second kappa shape index (κ2) is 4.04. The number of imidazole rings is 1. The second-order valence-corrected chi connectivity index (χ2v) is 5.02. The Bertz CT molecular complexity index is 635. The first kappa shape index (κ1) is 12.6. The predicted octanol–water partition coefficient (Wildman–Crippen LogP) is -0.643. The Morgan fingerprint density at radius 2 is 2.16 bits per heavy atom. The van der Waals surface area contributed by atoms with Gasteiger partial charge in [-0.1, -0.05) is 0 Å². The highest BCUT2D eigenvalue weighted by Crippen LogP contribution is 2.40. The number of nitrogen functional groups attached to an aromatic ring is 1. The number of ether oxygens (including phenoxy) is 1. The van der Waals surface area contributed by atoms with E-state index in [4.69, 9.17) is 23.1 Å². The van der Waals surface area contributed by atoms with Crippen LogP contribution in [-0.4, -0.2) is 48.0 Å². The number of hydrogen-bond donors (Lipinski definition) is 3. The summed E-state index contributed by atoms with van der Waals surface area (Å²) < 4.78 is 6.88. The van der Waals surface area contributed by atoms with E-state index in [0.717, 1.165) is 0 Å². The quantitative estimate of drug-likeness (QED) is 0.636. The number of anilines is 1. The summed E-state index contributed by atoms with van der Waals surface area (Å²) in [6.07, 6.45) is -0.295. The summed E-state index contributed by atoms with van der Waals surface area (Å²) in [4.78, 5) is 11.9. The minimum Gasteiger partial charge on any atom is -0.387 e. The SMILES string of the molecule is C[C@H]1O[C@@]([S])(n2cnc3c(N)ncnc32)[C@H](O)[C@@H]1O. The van der Waals surface area contributed by atoms with Crippen molar-refractivity contribution in [3.63, 3.8) is 0 Å². The smallest absolute Gasteiger partial charge is 0.235 e. The van der Waals surface area contributed by atoms with Crippen LogP contribution in [0, 0.1) is 0 Å². The van der Waals surface area contributed by atoms with Gasteiger partial charge in [0, 0.05) is 0 Å². The molecule has 3 heterocycles. The van der Waals surface area contributed by atoms with E-state index in [1.807, 2.05) is 0 Å². The zero-order valence-electron chi connectivity index (χ0n) is 9.96. The van der Waals surface area contributed by atoms with E-state index in [2.05, 4.69) is 15.0 Å². The Labute approximate surface area is 113 Å². The third-order valence-corrected chi connectivity index (χ3v) is 3.76. The average molecular weight is 282 g/mol. The van der Waals surface area contributed by atoms with Gasteiger partial charge >= 0.3 is 0 Å². The summed E-state index contributed by atoms with van der Waals surface area (Å²) in [5, 5.41) is 18.3. The standard InChI is InChI=1S/C10H12N5O3S/c1-4-6(16)7(17)10(19,18-4)15-3-14-5-8(11)12-2-13-9(5)15/h2-4,6-7,16-17H,1H3,(H2,11,12,13)/t4-,6-,7-,10+/m1/s1.